The predicted octanol–water partition coefficient (Wildman–Crippen LogP) is 2.30. The van der Waals surface area contributed by atoms with Crippen LogP contribution < -0.4 is 5.32 Å². The van der Waals surface area contributed by atoms with Crippen molar-refractivity contribution in [3.63, 3.8) is 0 Å². The number of ether oxygens (including phenoxy) is 1. The Labute approximate surface area is 106 Å². The first-order chi connectivity index (χ1) is 8.27. The molecule has 0 bridgehead atoms. The molecule has 1 aromatic rings. The Morgan fingerprint density at radius 2 is 2.35 bits per heavy atom. The zero-order valence-electron chi connectivity index (χ0n) is 10.3. The number of esters is 1. The van der Waals surface area contributed by atoms with E-state index in [9.17, 15) is 4.79 Å². The van der Waals surface area contributed by atoms with E-state index in [4.69, 9.17) is 4.42 Å². The van der Waals surface area contributed by atoms with Gasteiger partial charge in [0.15, 0.2) is 0 Å². The lowest BCUT2D eigenvalue weighted by molar-refractivity contribution is 0.0600. The van der Waals surface area contributed by atoms with Crippen molar-refractivity contribution in [2.75, 3.05) is 25.7 Å². The molecule has 0 fully saturated rings. The minimum atomic E-state index is -0.361. The lowest BCUT2D eigenvalue weighted by Gasteiger charge is -2.01. The quantitative estimate of drug-likeness (QED) is 0.572. The van der Waals surface area contributed by atoms with E-state index in [2.05, 4.69) is 16.3 Å². The van der Waals surface area contributed by atoms with Crippen LogP contribution >= 0.6 is 11.8 Å². The summed E-state index contributed by atoms with van der Waals surface area (Å²) in [6, 6.07) is 1.71. The highest BCUT2D eigenvalue weighted by Crippen LogP contribution is 2.08. The summed E-state index contributed by atoms with van der Waals surface area (Å²) in [5.74, 6) is 1.60. The van der Waals surface area contributed by atoms with Crippen molar-refractivity contribution >= 4 is 17.7 Å². The predicted molar refractivity (Wildman–Crippen MR) is 69.4 cm³/mol. The molecule has 0 aliphatic heterocycles. The second-order valence-corrected chi connectivity index (χ2v) is 4.66. The van der Waals surface area contributed by atoms with E-state index in [1.165, 1.54) is 25.5 Å². The van der Waals surface area contributed by atoms with Gasteiger partial charge in [0.2, 0.25) is 0 Å². The van der Waals surface area contributed by atoms with E-state index in [0.29, 0.717) is 12.1 Å². The number of carbonyl (C=O) groups excluding carboxylic acids is 1. The maximum absolute atomic E-state index is 11.2. The summed E-state index contributed by atoms with van der Waals surface area (Å²) in [7, 11) is 1.36. The highest BCUT2D eigenvalue weighted by atomic mass is 32.2. The Morgan fingerprint density at radius 3 is 3.06 bits per heavy atom. The van der Waals surface area contributed by atoms with Crippen LogP contribution in [0.1, 0.15) is 29.0 Å². The van der Waals surface area contributed by atoms with Crippen molar-refractivity contribution in [2.45, 2.75) is 19.4 Å². The molecule has 0 saturated carbocycles. The third-order valence-electron chi connectivity index (χ3n) is 2.33. The number of carbonyl (C=O) groups is 1. The number of hydrogen-bond acceptors (Lipinski definition) is 5. The van der Waals surface area contributed by atoms with Gasteiger partial charge in [-0.05, 0) is 37.5 Å². The molecule has 0 atom stereocenters. The van der Waals surface area contributed by atoms with Gasteiger partial charge in [-0.1, -0.05) is 0 Å². The maximum atomic E-state index is 11.2. The van der Waals surface area contributed by atoms with Crippen LogP contribution in [-0.2, 0) is 11.3 Å². The van der Waals surface area contributed by atoms with Crippen LogP contribution in [0.2, 0.25) is 0 Å². The standard InChI is InChI=1S/C12H19NO3S/c1-15-12(14)10-7-11(16-9-10)8-13-5-3-4-6-17-2/h7,9,13H,3-6,8H2,1-2H3. The molecule has 1 N–H and O–H groups in total. The van der Waals surface area contributed by atoms with Gasteiger partial charge < -0.3 is 14.5 Å². The third-order valence-corrected chi connectivity index (χ3v) is 3.02. The van der Waals surface area contributed by atoms with Gasteiger partial charge in [0.1, 0.15) is 12.0 Å². The molecule has 0 spiro atoms. The fourth-order valence-electron chi connectivity index (χ4n) is 1.41. The summed E-state index contributed by atoms with van der Waals surface area (Å²) in [6.45, 7) is 1.62. The number of nitrogens with one attached hydrogen (secondary N) is 1. The van der Waals surface area contributed by atoms with E-state index < -0.39 is 0 Å². The van der Waals surface area contributed by atoms with E-state index in [1.807, 2.05) is 11.8 Å². The number of methoxy groups -OCH3 is 1. The molecular weight excluding hydrogens is 238 g/mol. The first-order valence-corrected chi connectivity index (χ1v) is 7.02. The van der Waals surface area contributed by atoms with Crippen LogP contribution in [0, 0.1) is 0 Å². The van der Waals surface area contributed by atoms with Crippen LogP contribution in [0.15, 0.2) is 16.7 Å². The molecule has 96 valence electrons. The molecular formula is C12H19NO3S. The van der Waals surface area contributed by atoms with Gasteiger partial charge >= 0.3 is 5.97 Å². The SMILES string of the molecule is COC(=O)c1coc(CNCCCCSC)c1. The minimum absolute atomic E-state index is 0.361. The van der Waals surface area contributed by atoms with Crippen LogP contribution in [0.25, 0.3) is 0 Å². The normalized spacial score (nSPS) is 10.5. The average molecular weight is 257 g/mol. The molecule has 0 aromatic carbocycles. The number of unbranched alkanes of at least 4 members (excludes halogenated alkanes) is 1. The molecule has 0 aliphatic rings. The van der Waals surface area contributed by atoms with E-state index in [0.717, 1.165) is 18.7 Å². The Hall–Kier alpha value is -0.940. The average Bonchev–Trinajstić information content (AvgIpc) is 2.81. The lowest BCUT2D eigenvalue weighted by Crippen LogP contribution is -2.14. The molecule has 0 unspecified atom stereocenters. The third kappa shape index (κ3) is 5.28. The van der Waals surface area contributed by atoms with Gasteiger partial charge in [0, 0.05) is 0 Å². The molecule has 5 heteroatoms. The zero-order valence-corrected chi connectivity index (χ0v) is 11.1. The molecule has 17 heavy (non-hydrogen) atoms. The van der Waals surface area contributed by atoms with Crippen molar-refractivity contribution in [3.8, 4) is 0 Å². The second-order valence-electron chi connectivity index (χ2n) is 3.67. The highest BCUT2D eigenvalue weighted by Gasteiger charge is 2.09. The van der Waals surface area contributed by atoms with Crippen molar-refractivity contribution < 1.29 is 13.9 Å². The Morgan fingerprint density at radius 1 is 1.53 bits per heavy atom. The smallest absolute Gasteiger partial charge is 0.341 e. The Balaban J connectivity index is 2.19. The van der Waals surface area contributed by atoms with E-state index in [-0.39, 0.29) is 5.97 Å². The van der Waals surface area contributed by atoms with Gasteiger partial charge in [0.25, 0.3) is 0 Å². The monoisotopic (exact) mass is 257 g/mol. The van der Waals surface area contributed by atoms with Crippen molar-refractivity contribution in [3.05, 3.63) is 23.7 Å². The van der Waals surface area contributed by atoms with Crippen molar-refractivity contribution in [1.82, 2.24) is 5.32 Å². The van der Waals surface area contributed by atoms with Gasteiger partial charge in [-0.25, -0.2) is 4.79 Å². The molecule has 0 radical (unpaired) electrons. The maximum Gasteiger partial charge on any atom is 0.341 e. The fourth-order valence-corrected chi connectivity index (χ4v) is 1.90. The first-order valence-electron chi connectivity index (χ1n) is 5.63. The molecule has 0 aliphatic carbocycles. The number of furan rings is 1. The Kier molecular flexibility index (Phi) is 6.81. The van der Waals surface area contributed by atoms with Gasteiger partial charge in [0.05, 0.1) is 19.2 Å². The molecule has 0 amide bonds. The van der Waals surface area contributed by atoms with Gasteiger partial charge in [-0.15, -0.1) is 0 Å². The summed E-state index contributed by atoms with van der Waals surface area (Å²) in [4.78, 5) is 11.2. The summed E-state index contributed by atoms with van der Waals surface area (Å²) < 4.78 is 9.85. The summed E-state index contributed by atoms with van der Waals surface area (Å²) in [5, 5.41) is 3.28. The molecule has 0 saturated heterocycles. The fraction of sp³-hybridized carbons (Fsp3) is 0.583. The number of rotatable bonds is 8. The van der Waals surface area contributed by atoms with Crippen LogP contribution in [-0.4, -0.2) is 31.6 Å². The van der Waals surface area contributed by atoms with Crippen molar-refractivity contribution in [2.24, 2.45) is 0 Å². The van der Waals surface area contributed by atoms with Gasteiger partial charge in [-0.2, -0.15) is 11.8 Å². The molecule has 1 heterocycles. The second kappa shape index (κ2) is 8.20. The van der Waals surface area contributed by atoms with E-state index >= 15 is 0 Å². The summed E-state index contributed by atoms with van der Waals surface area (Å²) >= 11 is 1.87. The Bertz CT molecular complexity index is 338. The van der Waals surface area contributed by atoms with Crippen LogP contribution in [0.5, 0.6) is 0 Å². The minimum Gasteiger partial charge on any atom is -0.467 e. The number of hydrogen-bond donors (Lipinski definition) is 1. The lowest BCUT2D eigenvalue weighted by atomic mass is 10.3. The number of thioether (sulfide) groups is 1. The summed E-state index contributed by atoms with van der Waals surface area (Å²) in [6.07, 6.45) is 5.92. The summed E-state index contributed by atoms with van der Waals surface area (Å²) in [5.41, 5.74) is 0.465. The first kappa shape index (κ1) is 14.1. The topological polar surface area (TPSA) is 51.5 Å². The zero-order chi connectivity index (χ0) is 12.5. The van der Waals surface area contributed by atoms with E-state index in [1.54, 1.807) is 6.07 Å². The largest absolute Gasteiger partial charge is 0.467 e. The molecule has 1 aromatic heterocycles. The molecule has 1 rings (SSSR count). The van der Waals surface area contributed by atoms with Gasteiger partial charge in [-0.3, -0.25) is 0 Å². The van der Waals surface area contributed by atoms with Crippen LogP contribution in [0.3, 0.4) is 0 Å². The molecule has 4 nitrogen and oxygen atoms in total. The van der Waals surface area contributed by atoms with Crippen LogP contribution in [0.4, 0.5) is 0 Å². The highest BCUT2D eigenvalue weighted by molar-refractivity contribution is 7.98. The van der Waals surface area contributed by atoms with Crippen molar-refractivity contribution in [1.29, 1.82) is 0 Å².